The zero-order chi connectivity index (χ0) is 13.8. The summed E-state index contributed by atoms with van der Waals surface area (Å²) in [6, 6.07) is 0.0706. The van der Waals surface area contributed by atoms with Gasteiger partial charge in [0.05, 0.1) is 12.2 Å². The number of carbonyl (C=O) groups excluding carboxylic acids is 1. The Morgan fingerprint density at radius 1 is 1.32 bits per heavy atom. The van der Waals surface area contributed by atoms with Crippen LogP contribution in [0, 0.1) is 5.92 Å². The zero-order valence-corrected chi connectivity index (χ0v) is 12.7. The molecule has 0 saturated carbocycles. The first-order valence-electron chi connectivity index (χ1n) is 7.87. The molecular weight excluding hydrogens is 238 g/mol. The topological polar surface area (TPSA) is 35.6 Å². The van der Waals surface area contributed by atoms with Crippen LogP contribution < -0.4 is 5.32 Å². The number of nitrogens with zero attached hydrogens (tertiary/aromatic N) is 2. The van der Waals surface area contributed by atoms with Crippen molar-refractivity contribution in [3.63, 3.8) is 0 Å². The Morgan fingerprint density at radius 2 is 2.00 bits per heavy atom. The van der Waals surface area contributed by atoms with Crippen LogP contribution in [0.25, 0.3) is 0 Å². The number of rotatable bonds is 5. The van der Waals surface area contributed by atoms with Crippen molar-refractivity contribution in [3.8, 4) is 0 Å². The fourth-order valence-electron chi connectivity index (χ4n) is 3.23. The molecule has 4 heteroatoms. The average Bonchev–Trinajstić information content (AvgIpc) is 2.66. The Balaban J connectivity index is 1.84. The van der Waals surface area contributed by atoms with Crippen molar-refractivity contribution >= 4 is 5.91 Å². The van der Waals surface area contributed by atoms with E-state index in [1.807, 2.05) is 0 Å². The van der Waals surface area contributed by atoms with Crippen molar-refractivity contribution in [2.75, 3.05) is 26.7 Å². The van der Waals surface area contributed by atoms with Crippen LogP contribution in [0.2, 0.25) is 0 Å². The number of piperidine rings is 1. The smallest absolute Gasteiger partial charge is 0.241 e. The normalized spacial score (nSPS) is 30.3. The van der Waals surface area contributed by atoms with Crippen LogP contribution >= 0.6 is 0 Å². The summed E-state index contributed by atoms with van der Waals surface area (Å²) in [4.78, 5) is 16.9. The first kappa shape index (κ1) is 14.8. The van der Waals surface area contributed by atoms with Crippen LogP contribution in [-0.4, -0.2) is 54.6 Å². The number of amides is 1. The molecule has 2 saturated heterocycles. The number of nitrogens with one attached hydrogen (secondary N) is 1. The highest BCUT2D eigenvalue weighted by Gasteiger charge is 2.37. The number of likely N-dealkylation sites (tertiary alicyclic amines) is 1. The van der Waals surface area contributed by atoms with E-state index in [9.17, 15) is 4.79 Å². The molecule has 0 aromatic heterocycles. The molecule has 0 spiro atoms. The highest BCUT2D eigenvalue weighted by atomic mass is 16.2. The molecular formula is C15H29N3O. The van der Waals surface area contributed by atoms with Crippen LogP contribution in [0.3, 0.4) is 0 Å². The standard InChI is InChI=1S/C15H29N3O/c1-4-5-6-14-15(19)18(12(2)16-14)11-13-7-9-17(3)10-8-13/h12-14,16H,4-11H2,1-3H3. The third-order valence-electron chi connectivity index (χ3n) is 4.63. The molecule has 1 N–H and O–H groups in total. The Bertz CT molecular complexity index is 300. The molecule has 2 aliphatic rings. The number of hydrogen-bond acceptors (Lipinski definition) is 3. The van der Waals surface area contributed by atoms with Gasteiger partial charge in [0.15, 0.2) is 0 Å². The molecule has 1 amide bonds. The van der Waals surface area contributed by atoms with Gasteiger partial charge >= 0.3 is 0 Å². The quantitative estimate of drug-likeness (QED) is 0.823. The molecule has 0 aromatic rings. The van der Waals surface area contributed by atoms with E-state index in [0.29, 0.717) is 11.8 Å². The van der Waals surface area contributed by atoms with Gasteiger partial charge in [0.1, 0.15) is 0 Å². The molecule has 2 unspecified atom stereocenters. The highest BCUT2D eigenvalue weighted by molar-refractivity contribution is 5.84. The Hall–Kier alpha value is -0.610. The molecule has 2 atom stereocenters. The van der Waals surface area contributed by atoms with E-state index in [1.54, 1.807) is 0 Å². The van der Waals surface area contributed by atoms with E-state index in [0.717, 1.165) is 25.8 Å². The maximum Gasteiger partial charge on any atom is 0.241 e. The number of carbonyl (C=O) groups is 1. The molecule has 2 rings (SSSR count). The molecule has 0 radical (unpaired) electrons. The maximum absolute atomic E-state index is 12.4. The summed E-state index contributed by atoms with van der Waals surface area (Å²) in [5.41, 5.74) is 0. The second-order valence-corrected chi connectivity index (χ2v) is 6.27. The number of hydrogen-bond donors (Lipinski definition) is 1. The summed E-state index contributed by atoms with van der Waals surface area (Å²) in [6.07, 6.45) is 5.96. The van der Waals surface area contributed by atoms with Crippen LogP contribution in [0.5, 0.6) is 0 Å². The minimum atomic E-state index is 0.0706. The molecule has 2 fully saturated rings. The van der Waals surface area contributed by atoms with Crippen molar-refractivity contribution in [1.29, 1.82) is 0 Å². The summed E-state index contributed by atoms with van der Waals surface area (Å²) >= 11 is 0. The van der Waals surface area contributed by atoms with E-state index in [2.05, 4.69) is 36.0 Å². The first-order chi connectivity index (χ1) is 9.11. The van der Waals surface area contributed by atoms with Gasteiger partial charge < -0.3 is 9.80 Å². The van der Waals surface area contributed by atoms with E-state index < -0.39 is 0 Å². The lowest BCUT2D eigenvalue weighted by Gasteiger charge is -2.32. The lowest BCUT2D eigenvalue weighted by Crippen LogP contribution is -2.41. The third kappa shape index (κ3) is 3.69. The summed E-state index contributed by atoms with van der Waals surface area (Å²) in [6.45, 7) is 7.60. The zero-order valence-electron chi connectivity index (χ0n) is 12.7. The Labute approximate surface area is 117 Å². The van der Waals surface area contributed by atoms with Crippen LogP contribution in [0.4, 0.5) is 0 Å². The van der Waals surface area contributed by atoms with Gasteiger partial charge in [-0.05, 0) is 52.2 Å². The molecule has 0 bridgehead atoms. The fraction of sp³-hybridized carbons (Fsp3) is 0.933. The van der Waals surface area contributed by atoms with Gasteiger partial charge in [0.25, 0.3) is 0 Å². The van der Waals surface area contributed by atoms with Gasteiger partial charge in [0, 0.05) is 6.54 Å². The van der Waals surface area contributed by atoms with Gasteiger partial charge in [0.2, 0.25) is 5.91 Å². The molecule has 2 heterocycles. The Kier molecular flexibility index (Phi) is 5.22. The van der Waals surface area contributed by atoms with Crippen LogP contribution in [0.1, 0.15) is 46.0 Å². The van der Waals surface area contributed by atoms with Gasteiger partial charge in [-0.1, -0.05) is 19.8 Å². The van der Waals surface area contributed by atoms with Crippen molar-refractivity contribution in [1.82, 2.24) is 15.1 Å². The first-order valence-corrected chi connectivity index (χ1v) is 7.87. The van der Waals surface area contributed by atoms with Gasteiger partial charge in [-0.3, -0.25) is 10.1 Å². The molecule has 19 heavy (non-hydrogen) atoms. The predicted octanol–water partition coefficient (Wildman–Crippen LogP) is 1.66. The minimum absolute atomic E-state index is 0.0706. The van der Waals surface area contributed by atoms with E-state index in [-0.39, 0.29) is 12.2 Å². The highest BCUT2D eigenvalue weighted by Crippen LogP contribution is 2.22. The lowest BCUT2D eigenvalue weighted by atomic mass is 9.96. The molecule has 0 aliphatic carbocycles. The van der Waals surface area contributed by atoms with Gasteiger partial charge in [-0.15, -0.1) is 0 Å². The van der Waals surface area contributed by atoms with Crippen LogP contribution in [-0.2, 0) is 4.79 Å². The second kappa shape index (κ2) is 6.71. The molecule has 4 nitrogen and oxygen atoms in total. The van der Waals surface area contributed by atoms with Crippen molar-refractivity contribution in [2.45, 2.75) is 58.2 Å². The fourth-order valence-corrected chi connectivity index (χ4v) is 3.23. The van der Waals surface area contributed by atoms with E-state index >= 15 is 0 Å². The predicted molar refractivity (Wildman–Crippen MR) is 77.8 cm³/mol. The van der Waals surface area contributed by atoms with E-state index in [4.69, 9.17) is 0 Å². The largest absolute Gasteiger partial charge is 0.326 e. The molecule has 2 aliphatic heterocycles. The maximum atomic E-state index is 12.4. The van der Waals surface area contributed by atoms with Crippen molar-refractivity contribution in [3.05, 3.63) is 0 Å². The monoisotopic (exact) mass is 267 g/mol. The lowest BCUT2D eigenvalue weighted by molar-refractivity contribution is -0.130. The summed E-state index contributed by atoms with van der Waals surface area (Å²) in [7, 11) is 2.18. The summed E-state index contributed by atoms with van der Waals surface area (Å²) < 4.78 is 0. The van der Waals surface area contributed by atoms with Crippen LogP contribution in [0.15, 0.2) is 0 Å². The van der Waals surface area contributed by atoms with Crippen molar-refractivity contribution in [2.24, 2.45) is 5.92 Å². The molecule has 0 aromatic carbocycles. The van der Waals surface area contributed by atoms with Gasteiger partial charge in [-0.25, -0.2) is 0 Å². The van der Waals surface area contributed by atoms with Gasteiger partial charge in [-0.2, -0.15) is 0 Å². The Morgan fingerprint density at radius 3 is 2.63 bits per heavy atom. The average molecular weight is 267 g/mol. The summed E-state index contributed by atoms with van der Waals surface area (Å²) in [5, 5.41) is 3.45. The number of unbranched alkanes of at least 4 members (excludes halogenated alkanes) is 1. The SMILES string of the molecule is CCCCC1NC(C)N(CC2CCN(C)CC2)C1=O. The summed E-state index contributed by atoms with van der Waals surface area (Å²) in [5.74, 6) is 1.02. The van der Waals surface area contributed by atoms with Crippen molar-refractivity contribution < 1.29 is 4.79 Å². The minimum Gasteiger partial charge on any atom is -0.326 e. The third-order valence-corrected chi connectivity index (χ3v) is 4.63. The van der Waals surface area contributed by atoms with E-state index in [1.165, 1.54) is 25.9 Å². The molecule has 110 valence electrons. The second-order valence-electron chi connectivity index (χ2n) is 6.27.